The van der Waals surface area contributed by atoms with Crippen LogP contribution in [0.4, 0.5) is 23.7 Å². The molecule has 2 aromatic carbocycles. The Balaban J connectivity index is 1.47. The highest BCUT2D eigenvalue weighted by Gasteiger charge is 2.48. The van der Waals surface area contributed by atoms with Crippen LogP contribution < -0.4 is 11.1 Å². The normalized spacial score (nSPS) is 23.2. The Morgan fingerprint density at radius 3 is 2.69 bits per heavy atom. The van der Waals surface area contributed by atoms with Crippen LogP contribution in [-0.2, 0) is 11.3 Å². The van der Waals surface area contributed by atoms with Crippen molar-refractivity contribution in [2.75, 3.05) is 18.4 Å². The quantitative estimate of drug-likeness (QED) is 0.806. The van der Waals surface area contributed by atoms with Crippen molar-refractivity contribution in [2.24, 2.45) is 10.7 Å². The van der Waals surface area contributed by atoms with Crippen LogP contribution >= 0.6 is 0 Å². The standard InChI is InChI=1S/C20H19F3N4O2/c21-13-6-7-14(22)17-16(13)18(24)26-20(25-17)8-9-27(10-15(20)23)19(28)29-11-12-4-2-1-3-5-12/h1-7,15,25H,8-11H2,(H2,24,26)/t15-,20+/m0/s1. The van der Waals surface area contributed by atoms with Crippen LogP contribution in [0.2, 0.25) is 0 Å². The Morgan fingerprint density at radius 2 is 1.97 bits per heavy atom. The number of hydrogen-bond acceptors (Lipinski definition) is 5. The molecule has 1 fully saturated rings. The molecule has 2 atom stereocenters. The summed E-state index contributed by atoms with van der Waals surface area (Å²) in [5.74, 6) is -1.78. The van der Waals surface area contributed by atoms with E-state index >= 15 is 4.39 Å². The maximum atomic E-state index is 15.1. The number of carbonyl (C=O) groups excluding carboxylic acids is 1. The SMILES string of the molecule is NC1=N[C@@]2(CCN(C(=O)OCc3ccccc3)C[C@@H]2F)Nc2c(F)ccc(F)c21. The fraction of sp³-hybridized carbons (Fsp3) is 0.300. The van der Waals surface area contributed by atoms with E-state index in [1.165, 1.54) is 4.90 Å². The van der Waals surface area contributed by atoms with Crippen LogP contribution in [-0.4, -0.2) is 41.8 Å². The molecule has 0 bridgehead atoms. The van der Waals surface area contributed by atoms with Gasteiger partial charge in [-0.25, -0.2) is 23.0 Å². The summed E-state index contributed by atoms with van der Waals surface area (Å²) in [6.45, 7) is -0.132. The van der Waals surface area contributed by atoms with E-state index in [2.05, 4.69) is 10.3 Å². The summed E-state index contributed by atoms with van der Waals surface area (Å²) in [6.07, 6.45) is -2.34. The number of alkyl halides is 1. The van der Waals surface area contributed by atoms with Crippen molar-refractivity contribution in [2.45, 2.75) is 24.9 Å². The average Bonchev–Trinajstić information content (AvgIpc) is 2.72. The molecule has 9 heteroatoms. The van der Waals surface area contributed by atoms with Crippen molar-refractivity contribution in [1.29, 1.82) is 0 Å². The van der Waals surface area contributed by atoms with Gasteiger partial charge in [-0.15, -0.1) is 0 Å². The molecule has 29 heavy (non-hydrogen) atoms. The van der Waals surface area contributed by atoms with Gasteiger partial charge in [-0.1, -0.05) is 30.3 Å². The van der Waals surface area contributed by atoms with E-state index < -0.39 is 29.6 Å². The van der Waals surface area contributed by atoms with Gasteiger partial charge in [0.1, 0.15) is 24.1 Å². The van der Waals surface area contributed by atoms with E-state index in [1.54, 1.807) is 0 Å². The van der Waals surface area contributed by atoms with Crippen molar-refractivity contribution < 1.29 is 22.7 Å². The summed E-state index contributed by atoms with van der Waals surface area (Å²) < 4.78 is 48.6. The number of likely N-dealkylation sites (tertiary alicyclic amines) is 1. The topological polar surface area (TPSA) is 80.0 Å². The molecule has 2 aliphatic rings. The highest BCUT2D eigenvalue weighted by Crippen LogP contribution is 2.38. The maximum Gasteiger partial charge on any atom is 0.410 e. The molecule has 0 unspecified atom stereocenters. The molecular formula is C20H19F3N4O2. The highest BCUT2D eigenvalue weighted by molar-refractivity contribution is 6.04. The Kier molecular flexibility index (Phi) is 4.81. The highest BCUT2D eigenvalue weighted by atomic mass is 19.1. The molecular weight excluding hydrogens is 385 g/mol. The molecule has 152 valence electrons. The minimum atomic E-state index is -1.70. The molecule has 0 radical (unpaired) electrons. The number of carbonyl (C=O) groups is 1. The third-order valence-corrected chi connectivity index (χ3v) is 5.15. The molecule has 1 spiro atoms. The summed E-state index contributed by atoms with van der Waals surface area (Å²) in [7, 11) is 0. The molecule has 0 aliphatic carbocycles. The minimum Gasteiger partial charge on any atom is -0.445 e. The van der Waals surface area contributed by atoms with Gasteiger partial charge < -0.3 is 20.7 Å². The number of nitrogens with zero attached hydrogens (tertiary/aromatic N) is 2. The number of fused-ring (bicyclic) bond motifs is 1. The first-order valence-corrected chi connectivity index (χ1v) is 9.11. The van der Waals surface area contributed by atoms with Crippen molar-refractivity contribution in [1.82, 2.24) is 4.90 Å². The molecule has 0 aromatic heterocycles. The maximum absolute atomic E-state index is 15.1. The lowest BCUT2D eigenvalue weighted by Gasteiger charge is -2.44. The third kappa shape index (κ3) is 3.48. The summed E-state index contributed by atoms with van der Waals surface area (Å²) in [4.78, 5) is 17.6. The van der Waals surface area contributed by atoms with Gasteiger partial charge in [0.05, 0.1) is 17.8 Å². The number of benzene rings is 2. The van der Waals surface area contributed by atoms with E-state index in [0.717, 1.165) is 17.7 Å². The lowest BCUT2D eigenvalue weighted by Crippen LogP contribution is -2.60. The van der Waals surface area contributed by atoms with Crippen LogP contribution in [0.5, 0.6) is 0 Å². The molecule has 6 nitrogen and oxygen atoms in total. The van der Waals surface area contributed by atoms with Crippen molar-refractivity contribution >= 4 is 17.6 Å². The van der Waals surface area contributed by atoms with Crippen LogP contribution in [0.15, 0.2) is 47.5 Å². The second-order valence-corrected chi connectivity index (χ2v) is 7.03. The van der Waals surface area contributed by atoms with Gasteiger partial charge in [0.25, 0.3) is 0 Å². The zero-order chi connectivity index (χ0) is 20.6. The average molecular weight is 404 g/mol. The number of piperidine rings is 1. The second-order valence-electron chi connectivity index (χ2n) is 7.03. The van der Waals surface area contributed by atoms with Crippen LogP contribution in [0.1, 0.15) is 17.5 Å². The first-order chi connectivity index (χ1) is 13.9. The number of nitrogens with one attached hydrogen (secondary N) is 1. The van der Waals surface area contributed by atoms with Crippen molar-refractivity contribution in [3.63, 3.8) is 0 Å². The van der Waals surface area contributed by atoms with E-state index in [9.17, 15) is 13.6 Å². The minimum absolute atomic E-state index is 0.0185. The Labute approximate surface area is 165 Å². The molecule has 2 aromatic rings. The van der Waals surface area contributed by atoms with Crippen molar-refractivity contribution in [3.05, 3.63) is 65.2 Å². The Hall–Kier alpha value is -3.23. The largest absolute Gasteiger partial charge is 0.445 e. The van der Waals surface area contributed by atoms with Crippen molar-refractivity contribution in [3.8, 4) is 0 Å². The van der Waals surface area contributed by atoms with Gasteiger partial charge in [-0.05, 0) is 17.7 Å². The predicted molar refractivity (Wildman–Crippen MR) is 101 cm³/mol. The Bertz CT molecular complexity index is 970. The smallest absolute Gasteiger partial charge is 0.410 e. The summed E-state index contributed by atoms with van der Waals surface area (Å²) in [5, 5.41) is 2.68. The number of halogens is 3. The van der Waals surface area contributed by atoms with Gasteiger partial charge in [-0.3, -0.25) is 0 Å². The summed E-state index contributed by atoms with van der Waals surface area (Å²) >= 11 is 0. The number of amides is 1. The van der Waals surface area contributed by atoms with E-state index in [1.807, 2.05) is 30.3 Å². The molecule has 1 saturated heterocycles. The number of anilines is 1. The first kappa shape index (κ1) is 19.1. The lowest BCUT2D eigenvalue weighted by atomic mass is 9.92. The zero-order valence-electron chi connectivity index (χ0n) is 15.4. The van der Waals surface area contributed by atoms with Gasteiger partial charge in [0.2, 0.25) is 0 Å². The fourth-order valence-electron chi connectivity index (χ4n) is 3.58. The fourth-order valence-corrected chi connectivity index (χ4v) is 3.58. The molecule has 2 aliphatic heterocycles. The number of amidine groups is 1. The van der Waals surface area contributed by atoms with Crippen LogP contribution in [0, 0.1) is 11.6 Å². The van der Waals surface area contributed by atoms with E-state index in [4.69, 9.17) is 10.5 Å². The third-order valence-electron chi connectivity index (χ3n) is 5.15. The van der Waals surface area contributed by atoms with E-state index in [-0.39, 0.29) is 43.2 Å². The number of rotatable bonds is 2. The first-order valence-electron chi connectivity index (χ1n) is 9.11. The molecule has 2 heterocycles. The summed E-state index contributed by atoms with van der Waals surface area (Å²) in [6, 6.07) is 11.0. The second kappa shape index (κ2) is 7.31. The molecule has 1 amide bonds. The van der Waals surface area contributed by atoms with Crippen LogP contribution in [0.3, 0.4) is 0 Å². The monoisotopic (exact) mass is 404 g/mol. The number of ether oxygens (including phenoxy) is 1. The summed E-state index contributed by atoms with van der Waals surface area (Å²) in [5.41, 5.74) is 4.63. The number of hydrogen-bond donors (Lipinski definition) is 2. The van der Waals surface area contributed by atoms with Crippen LogP contribution in [0.25, 0.3) is 0 Å². The molecule has 4 rings (SSSR count). The zero-order valence-corrected chi connectivity index (χ0v) is 15.4. The van der Waals surface area contributed by atoms with Gasteiger partial charge in [0, 0.05) is 13.0 Å². The van der Waals surface area contributed by atoms with Gasteiger partial charge in [-0.2, -0.15) is 0 Å². The number of aliphatic imine (C=N–C) groups is 1. The van der Waals surface area contributed by atoms with Gasteiger partial charge in [0.15, 0.2) is 11.8 Å². The van der Waals surface area contributed by atoms with Gasteiger partial charge >= 0.3 is 6.09 Å². The molecule has 0 saturated carbocycles. The lowest BCUT2D eigenvalue weighted by molar-refractivity contribution is 0.0487. The predicted octanol–water partition coefficient (Wildman–Crippen LogP) is 3.17. The Morgan fingerprint density at radius 1 is 1.24 bits per heavy atom. The number of nitrogens with two attached hydrogens (primary N) is 1. The van der Waals surface area contributed by atoms with E-state index in [0.29, 0.717) is 0 Å². The molecule has 3 N–H and O–H groups in total.